The fourth-order valence-electron chi connectivity index (χ4n) is 2.35. The van der Waals surface area contributed by atoms with Crippen molar-refractivity contribution in [3.63, 3.8) is 0 Å². The molecule has 0 saturated carbocycles. The molecule has 0 aromatic heterocycles. The summed E-state index contributed by atoms with van der Waals surface area (Å²) in [7, 11) is 0. The number of aromatic amines is 1. The van der Waals surface area contributed by atoms with Gasteiger partial charge in [0.1, 0.15) is 10.8 Å². The Balaban J connectivity index is 2.51. The van der Waals surface area contributed by atoms with Crippen LogP contribution in [0.1, 0.15) is 26.3 Å². The van der Waals surface area contributed by atoms with Crippen molar-refractivity contribution in [3.8, 4) is 11.3 Å². The Morgan fingerprint density at radius 3 is 2.72 bits per heavy atom. The Morgan fingerprint density at radius 2 is 2.00 bits per heavy atom. The van der Waals surface area contributed by atoms with Gasteiger partial charge in [-0.2, -0.15) is 5.10 Å². The van der Waals surface area contributed by atoms with Gasteiger partial charge in [0, 0.05) is 16.5 Å². The average Bonchev–Trinajstić information content (AvgIpc) is 2.76. The summed E-state index contributed by atoms with van der Waals surface area (Å²) in [6.07, 6.45) is 1.78. The smallest absolute Gasteiger partial charge is 0.135 e. The fraction of sp³-hybridized carbons (Fsp3) is 0.286. The molecule has 1 N–H and O–H groups in total. The van der Waals surface area contributed by atoms with Gasteiger partial charge in [0.15, 0.2) is 0 Å². The Hall–Kier alpha value is -1.61. The maximum absolute atomic E-state index is 6.19. The summed E-state index contributed by atoms with van der Waals surface area (Å²) in [5.41, 5.74) is 4.10. The summed E-state index contributed by atoms with van der Waals surface area (Å²) >= 11 is 6.19. The van der Waals surface area contributed by atoms with E-state index >= 15 is 0 Å². The molecule has 1 aromatic carbocycles. The van der Waals surface area contributed by atoms with E-state index in [-0.39, 0.29) is 5.41 Å². The molecule has 0 aliphatic carbocycles. The second-order valence-corrected chi connectivity index (χ2v) is 5.90. The van der Waals surface area contributed by atoms with E-state index in [9.17, 15) is 0 Å². The number of fused-ring (bicyclic) bond motifs is 3. The van der Waals surface area contributed by atoms with E-state index in [4.69, 9.17) is 11.6 Å². The van der Waals surface area contributed by atoms with Crippen LogP contribution in [0.15, 0.2) is 24.4 Å². The highest BCUT2D eigenvalue weighted by Gasteiger charge is 2.22. The molecule has 0 spiro atoms. The molecule has 1 aromatic rings. The van der Waals surface area contributed by atoms with Gasteiger partial charge in [-0.05, 0) is 17.0 Å². The third kappa shape index (κ3) is 1.58. The van der Waals surface area contributed by atoms with Crippen LogP contribution < -0.4 is 0 Å². The highest BCUT2D eigenvalue weighted by molar-refractivity contribution is 6.33. The predicted molar refractivity (Wildman–Crippen MR) is 74.2 cm³/mol. The highest BCUT2D eigenvalue weighted by atomic mass is 35.5. The molecule has 92 valence electrons. The van der Waals surface area contributed by atoms with Crippen molar-refractivity contribution in [1.82, 2.24) is 15.2 Å². The molecule has 0 amide bonds. The number of pyridine rings is 1. The SMILES string of the molecule is CC(C)(C)c1cccc2[nH]c(Cl)c3nncc-3c12. The van der Waals surface area contributed by atoms with Crippen molar-refractivity contribution >= 4 is 22.5 Å². The van der Waals surface area contributed by atoms with E-state index in [1.54, 1.807) is 6.20 Å². The molecule has 0 atom stereocenters. The molecule has 0 saturated heterocycles. The number of aromatic nitrogens is 3. The second kappa shape index (κ2) is 3.69. The topological polar surface area (TPSA) is 41.6 Å². The van der Waals surface area contributed by atoms with Gasteiger partial charge in [0.25, 0.3) is 0 Å². The monoisotopic (exact) mass is 259 g/mol. The Bertz CT molecular complexity index is 694. The van der Waals surface area contributed by atoms with E-state index in [1.807, 2.05) is 12.1 Å². The van der Waals surface area contributed by atoms with Crippen molar-refractivity contribution in [2.45, 2.75) is 26.2 Å². The van der Waals surface area contributed by atoms with Gasteiger partial charge < -0.3 is 4.98 Å². The zero-order valence-corrected chi connectivity index (χ0v) is 11.3. The average molecular weight is 260 g/mol. The lowest BCUT2D eigenvalue weighted by Crippen LogP contribution is -2.12. The van der Waals surface area contributed by atoms with Gasteiger partial charge in [-0.25, -0.2) is 0 Å². The van der Waals surface area contributed by atoms with Crippen molar-refractivity contribution < 1.29 is 0 Å². The Labute approximate surface area is 111 Å². The van der Waals surface area contributed by atoms with Gasteiger partial charge in [0.05, 0.1) is 6.20 Å². The molecule has 2 aliphatic rings. The predicted octanol–water partition coefficient (Wildman–Crippen LogP) is 4.01. The number of H-pyrrole nitrogens is 1. The minimum absolute atomic E-state index is 0.0609. The van der Waals surface area contributed by atoms with Crippen LogP contribution in [0.25, 0.3) is 22.2 Å². The lowest BCUT2D eigenvalue weighted by molar-refractivity contribution is 0.596. The molecule has 18 heavy (non-hydrogen) atoms. The maximum atomic E-state index is 6.19. The van der Waals surface area contributed by atoms with Crippen LogP contribution in [0.4, 0.5) is 0 Å². The maximum Gasteiger partial charge on any atom is 0.135 e. The van der Waals surface area contributed by atoms with Crippen LogP contribution >= 0.6 is 11.6 Å². The normalized spacial score (nSPS) is 12.4. The van der Waals surface area contributed by atoms with E-state index in [1.165, 1.54) is 5.56 Å². The number of nitrogens with one attached hydrogen (secondary N) is 1. The van der Waals surface area contributed by atoms with Crippen molar-refractivity contribution in [1.29, 1.82) is 0 Å². The van der Waals surface area contributed by atoms with Gasteiger partial charge in [0.2, 0.25) is 0 Å². The van der Waals surface area contributed by atoms with Gasteiger partial charge >= 0.3 is 0 Å². The van der Waals surface area contributed by atoms with Crippen molar-refractivity contribution in [3.05, 3.63) is 35.1 Å². The number of benzene rings is 1. The third-order valence-corrected chi connectivity index (χ3v) is 3.47. The molecule has 2 aliphatic heterocycles. The van der Waals surface area contributed by atoms with Crippen LogP contribution in [0.2, 0.25) is 5.15 Å². The summed E-state index contributed by atoms with van der Waals surface area (Å²) in [4.78, 5) is 3.19. The molecule has 3 rings (SSSR count). The number of hydrogen-bond donors (Lipinski definition) is 1. The third-order valence-electron chi connectivity index (χ3n) is 3.19. The van der Waals surface area contributed by atoms with E-state index < -0.39 is 0 Å². The molecule has 0 radical (unpaired) electrons. The number of rotatable bonds is 0. The number of halogens is 1. The molecule has 2 heterocycles. The van der Waals surface area contributed by atoms with Crippen LogP contribution in [0.5, 0.6) is 0 Å². The minimum atomic E-state index is 0.0609. The van der Waals surface area contributed by atoms with Gasteiger partial charge in [-0.1, -0.05) is 44.5 Å². The van der Waals surface area contributed by atoms with E-state index in [0.29, 0.717) is 5.15 Å². The molecule has 4 heteroatoms. The largest absolute Gasteiger partial charge is 0.344 e. The highest BCUT2D eigenvalue weighted by Crippen LogP contribution is 2.38. The zero-order chi connectivity index (χ0) is 12.9. The van der Waals surface area contributed by atoms with Crippen LogP contribution in [0, 0.1) is 0 Å². The summed E-state index contributed by atoms with van der Waals surface area (Å²) in [5.74, 6) is 0. The van der Waals surface area contributed by atoms with Gasteiger partial charge in [-0.15, -0.1) is 5.10 Å². The van der Waals surface area contributed by atoms with Gasteiger partial charge in [-0.3, -0.25) is 0 Å². The molecule has 3 nitrogen and oxygen atoms in total. The first kappa shape index (κ1) is 11.5. The lowest BCUT2D eigenvalue weighted by Gasteiger charge is -2.22. The standard InChI is InChI=1S/C14H14ClN3/c1-14(2,3)9-5-4-6-10-11(9)8-7-16-18-12(8)13(15)17-10/h4-7,17H,1-3H3. The molecule has 0 bridgehead atoms. The first-order chi connectivity index (χ1) is 8.48. The quantitative estimate of drug-likeness (QED) is 0.620. The minimum Gasteiger partial charge on any atom is -0.344 e. The van der Waals surface area contributed by atoms with Crippen molar-refractivity contribution in [2.75, 3.05) is 0 Å². The summed E-state index contributed by atoms with van der Waals surface area (Å²) in [6.45, 7) is 6.60. The van der Waals surface area contributed by atoms with E-state index in [2.05, 4.69) is 42.0 Å². The molecular formula is C14H14ClN3. The lowest BCUT2D eigenvalue weighted by atomic mass is 9.83. The first-order valence-corrected chi connectivity index (χ1v) is 6.28. The van der Waals surface area contributed by atoms with E-state index in [0.717, 1.165) is 22.2 Å². The number of hydrogen-bond acceptors (Lipinski definition) is 2. The molecular weight excluding hydrogens is 246 g/mol. The van der Waals surface area contributed by atoms with Crippen LogP contribution in [-0.4, -0.2) is 15.2 Å². The molecule has 0 unspecified atom stereocenters. The zero-order valence-electron chi connectivity index (χ0n) is 10.6. The number of nitrogens with zero attached hydrogens (tertiary/aromatic N) is 2. The molecule has 0 fully saturated rings. The second-order valence-electron chi connectivity index (χ2n) is 5.52. The Kier molecular flexibility index (Phi) is 2.35. The first-order valence-electron chi connectivity index (χ1n) is 5.90. The summed E-state index contributed by atoms with van der Waals surface area (Å²) in [6, 6.07) is 6.23. The Morgan fingerprint density at radius 1 is 1.22 bits per heavy atom. The van der Waals surface area contributed by atoms with Crippen LogP contribution in [-0.2, 0) is 5.41 Å². The summed E-state index contributed by atoms with van der Waals surface area (Å²) in [5, 5.41) is 9.76. The fourth-order valence-corrected chi connectivity index (χ4v) is 2.59. The van der Waals surface area contributed by atoms with Crippen molar-refractivity contribution in [2.24, 2.45) is 0 Å². The van der Waals surface area contributed by atoms with Crippen LogP contribution in [0.3, 0.4) is 0 Å². The summed E-state index contributed by atoms with van der Waals surface area (Å²) < 4.78 is 0.